The van der Waals surface area contributed by atoms with E-state index in [4.69, 9.17) is 9.47 Å². The summed E-state index contributed by atoms with van der Waals surface area (Å²) < 4.78 is 14.1. The van der Waals surface area contributed by atoms with Crippen LogP contribution in [0.15, 0.2) is 68.0 Å². The molecule has 6 nitrogen and oxygen atoms in total. The Morgan fingerprint density at radius 3 is 2.53 bits per heavy atom. The van der Waals surface area contributed by atoms with E-state index >= 15 is 0 Å². The number of carbonyl (C=O) groups is 1. The van der Waals surface area contributed by atoms with Crippen LogP contribution in [-0.4, -0.2) is 23.8 Å². The number of fused-ring (bicyclic) bond motifs is 1. The highest BCUT2D eigenvalue weighted by Gasteiger charge is 2.35. The Hall–Kier alpha value is -2.97. The maximum atomic E-state index is 13.7. The van der Waals surface area contributed by atoms with Gasteiger partial charge in [-0.2, -0.15) is 0 Å². The molecule has 8 heteroatoms. The fourth-order valence-corrected chi connectivity index (χ4v) is 5.31. The van der Waals surface area contributed by atoms with Gasteiger partial charge in [0.1, 0.15) is 11.8 Å². The number of hydrogen-bond donors (Lipinski definition) is 0. The van der Waals surface area contributed by atoms with E-state index in [0.717, 1.165) is 15.6 Å². The van der Waals surface area contributed by atoms with Gasteiger partial charge in [-0.1, -0.05) is 57.1 Å². The zero-order chi connectivity index (χ0) is 24.6. The molecule has 0 amide bonds. The van der Waals surface area contributed by atoms with Crippen molar-refractivity contribution in [1.29, 1.82) is 0 Å². The van der Waals surface area contributed by atoms with Crippen LogP contribution in [0.4, 0.5) is 0 Å². The van der Waals surface area contributed by atoms with Gasteiger partial charge in [0.2, 0.25) is 0 Å². The molecule has 0 bridgehead atoms. The number of carbonyl (C=O) groups excluding carboxylic acids is 1. The molecule has 0 saturated carbocycles. The minimum atomic E-state index is -0.741. The van der Waals surface area contributed by atoms with Gasteiger partial charge in [-0.05, 0) is 57.5 Å². The number of methoxy groups -OCH3 is 1. The molecular weight excluding hydrogens is 516 g/mol. The molecule has 0 spiro atoms. The molecule has 0 unspecified atom stereocenters. The first kappa shape index (κ1) is 24.2. The number of nitrogens with zero attached hydrogens (tertiary/aromatic N) is 2. The summed E-state index contributed by atoms with van der Waals surface area (Å²) in [5, 5.41) is 0. The number of esters is 1. The Labute approximate surface area is 210 Å². The summed E-state index contributed by atoms with van der Waals surface area (Å²) >= 11 is 4.81. The van der Waals surface area contributed by atoms with E-state index in [0.29, 0.717) is 31.9 Å². The predicted octanol–water partition coefficient (Wildman–Crippen LogP) is 4.27. The predicted molar refractivity (Wildman–Crippen MR) is 137 cm³/mol. The first-order valence-electron chi connectivity index (χ1n) is 10.8. The Kier molecular flexibility index (Phi) is 6.91. The van der Waals surface area contributed by atoms with Gasteiger partial charge in [-0.3, -0.25) is 9.36 Å². The maximum Gasteiger partial charge on any atom is 0.338 e. The van der Waals surface area contributed by atoms with Crippen LogP contribution in [0.25, 0.3) is 6.08 Å². The topological polar surface area (TPSA) is 69.9 Å². The van der Waals surface area contributed by atoms with Crippen LogP contribution in [0.5, 0.6) is 5.75 Å². The summed E-state index contributed by atoms with van der Waals surface area (Å²) in [6.45, 7) is 7.37. The zero-order valence-corrected chi connectivity index (χ0v) is 22.0. The van der Waals surface area contributed by atoms with Gasteiger partial charge in [0.25, 0.3) is 5.56 Å². The molecule has 1 aliphatic heterocycles. The number of rotatable bonds is 5. The third kappa shape index (κ3) is 4.65. The van der Waals surface area contributed by atoms with Gasteiger partial charge >= 0.3 is 5.97 Å². The summed E-state index contributed by atoms with van der Waals surface area (Å²) in [6, 6.07) is 12.7. The van der Waals surface area contributed by atoms with Crippen molar-refractivity contribution < 1.29 is 14.3 Å². The Morgan fingerprint density at radius 1 is 1.18 bits per heavy atom. The van der Waals surface area contributed by atoms with E-state index in [-0.39, 0.29) is 11.7 Å². The fourth-order valence-electron chi connectivity index (χ4n) is 3.89. The smallest absolute Gasteiger partial charge is 0.338 e. The Balaban J connectivity index is 2.00. The van der Waals surface area contributed by atoms with Gasteiger partial charge in [0.05, 0.1) is 29.0 Å². The average Bonchev–Trinajstić information content (AvgIpc) is 3.08. The van der Waals surface area contributed by atoms with E-state index in [1.165, 1.54) is 11.3 Å². The molecule has 0 radical (unpaired) electrons. The quantitative estimate of drug-likeness (QED) is 0.453. The lowest BCUT2D eigenvalue weighted by molar-refractivity contribution is -0.143. The third-order valence-corrected chi connectivity index (χ3v) is 6.92. The van der Waals surface area contributed by atoms with Crippen LogP contribution >= 0.6 is 27.3 Å². The molecule has 2 aromatic carbocycles. The molecule has 1 aliphatic rings. The Morgan fingerprint density at radius 2 is 1.88 bits per heavy atom. The molecule has 3 aromatic rings. The van der Waals surface area contributed by atoms with Gasteiger partial charge in [-0.25, -0.2) is 9.79 Å². The molecule has 0 saturated heterocycles. The van der Waals surface area contributed by atoms with Crippen LogP contribution in [0.1, 0.15) is 43.5 Å². The second-order valence-corrected chi connectivity index (χ2v) is 10.3. The number of allylic oxidation sites excluding steroid dienone is 1. The van der Waals surface area contributed by atoms with E-state index in [1.54, 1.807) is 32.4 Å². The van der Waals surface area contributed by atoms with Crippen LogP contribution in [-0.2, 0) is 9.53 Å². The Bertz CT molecular complexity index is 1470. The van der Waals surface area contributed by atoms with E-state index in [9.17, 15) is 9.59 Å². The van der Waals surface area contributed by atoms with Crippen molar-refractivity contribution in [2.45, 2.75) is 39.8 Å². The number of aromatic nitrogens is 1. The minimum Gasteiger partial charge on any atom is -0.496 e. The molecule has 0 aliphatic carbocycles. The van der Waals surface area contributed by atoms with Crippen LogP contribution in [0.2, 0.25) is 0 Å². The highest BCUT2D eigenvalue weighted by atomic mass is 79.9. The van der Waals surface area contributed by atoms with Crippen molar-refractivity contribution in [3.05, 3.63) is 94.6 Å². The number of ether oxygens (including phenoxy) is 2. The van der Waals surface area contributed by atoms with Crippen molar-refractivity contribution >= 4 is 39.3 Å². The summed E-state index contributed by atoms with van der Waals surface area (Å²) in [5.41, 5.74) is 3.34. The van der Waals surface area contributed by atoms with Crippen LogP contribution in [0.3, 0.4) is 0 Å². The molecule has 2 heterocycles. The molecular formula is C26H25BrN2O4S. The van der Waals surface area contributed by atoms with E-state index < -0.39 is 12.0 Å². The van der Waals surface area contributed by atoms with Crippen LogP contribution in [0, 0.1) is 6.92 Å². The lowest BCUT2D eigenvalue weighted by atomic mass is 9.95. The molecule has 1 atom stereocenters. The second kappa shape index (κ2) is 9.72. The monoisotopic (exact) mass is 540 g/mol. The number of halogens is 1. The SMILES string of the molecule is COc1ccc(Br)cc1[C@@H]1C(C(=O)OC(C)C)=C(C)N=c2s/c(=C\c3ccc(C)cc3)c(=O)n21. The maximum absolute atomic E-state index is 13.7. The number of hydrogen-bond acceptors (Lipinski definition) is 6. The van der Waals surface area contributed by atoms with Gasteiger partial charge in [0.15, 0.2) is 4.80 Å². The largest absolute Gasteiger partial charge is 0.496 e. The van der Waals surface area contributed by atoms with Gasteiger partial charge in [0, 0.05) is 10.0 Å². The number of aryl methyl sites for hydroxylation is 1. The van der Waals surface area contributed by atoms with E-state index in [2.05, 4.69) is 20.9 Å². The molecule has 1 aromatic heterocycles. The first-order valence-corrected chi connectivity index (χ1v) is 12.4. The van der Waals surface area contributed by atoms with E-state index in [1.807, 2.05) is 55.5 Å². The summed E-state index contributed by atoms with van der Waals surface area (Å²) in [6.07, 6.45) is 1.54. The van der Waals surface area contributed by atoms with Crippen molar-refractivity contribution in [1.82, 2.24) is 4.57 Å². The lowest BCUT2D eigenvalue weighted by Gasteiger charge is -2.26. The summed E-state index contributed by atoms with van der Waals surface area (Å²) in [7, 11) is 1.57. The average molecular weight is 541 g/mol. The molecule has 34 heavy (non-hydrogen) atoms. The molecule has 0 N–H and O–H groups in total. The van der Waals surface area contributed by atoms with Gasteiger partial charge < -0.3 is 9.47 Å². The van der Waals surface area contributed by atoms with Crippen molar-refractivity contribution in [3.63, 3.8) is 0 Å². The van der Waals surface area contributed by atoms with Crippen molar-refractivity contribution in [2.24, 2.45) is 4.99 Å². The second-order valence-electron chi connectivity index (χ2n) is 8.33. The highest BCUT2D eigenvalue weighted by molar-refractivity contribution is 9.10. The van der Waals surface area contributed by atoms with Crippen molar-refractivity contribution in [2.75, 3.05) is 7.11 Å². The highest BCUT2D eigenvalue weighted by Crippen LogP contribution is 2.37. The molecule has 0 fully saturated rings. The molecule has 176 valence electrons. The third-order valence-electron chi connectivity index (χ3n) is 5.45. The number of thiazole rings is 1. The zero-order valence-electron chi connectivity index (χ0n) is 19.6. The first-order chi connectivity index (χ1) is 16.2. The number of benzene rings is 2. The van der Waals surface area contributed by atoms with Crippen molar-refractivity contribution in [3.8, 4) is 5.75 Å². The summed E-state index contributed by atoms with van der Waals surface area (Å²) in [5.74, 6) is 0.0574. The standard InChI is InChI=1S/C26H25BrN2O4S/c1-14(2)33-25(31)22-16(4)28-26-29(23(22)19-13-18(27)10-11-20(19)32-5)24(30)21(34-26)12-17-8-6-15(3)7-9-17/h6-14,23H,1-5H3/b21-12-/t23-/m1/s1. The lowest BCUT2D eigenvalue weighted by Crippen LogP contribution is -2.40. The van der Waals surface area contributed by atoms with Crippen LogP contribution < -0.4 is 19.6 Å². The normalized spacial score (nSPS) is 15.9. The molecule has 4 rings (SSSR count). The fraction of sp³-hybridized carbons (Fsp3) is 0.269. The summed E-state index contributed by atoms with van der Waals surface area (Å²) in [4.78, 5) is 32.1. The van der Waals surface area contributed by atoms with Gasteiger partial charge in [-0.15, -0.1) is 0 Å². The minimum absolute atomic E-state index is 0.223.